The Labute approximate surface area is 162 Å². The average molecular weight is 382 g/mol. The van der Waals surface area contributed by atoms with Crippen molar-refractivity contribution < 1.29 is 9.21 Å². The zero-order chi connectivity index (χ0) is 18.6. The predicted octanol–water partition coefficient (Wildman–Crippen LogP) is 2.90. The fourth-order valence-electron chi connectivity index (χ4n) is 3.34. The highest BCUT2D eigenvalue weighted by atomic mass is 32.1. The third-order valence-corrected chi connectivity index (χ3v) is 5.64. The molecule has 0 aliphatic carbocycles. The van der Waals surface area contributed by atoms with Crippen LogP contribution in [-0.2, 0) is 24.2 Å². The molecular formula is C20H22N4O2S. The lowest BCUT2D eigenvalue weighted by Crippen LogP contribution is -2.45. The molecule has 1 aliphatic heterocycles. The number of hydrogen-bond acceptors (Lipinski definition) is 6. The summed E-state index contributed by atoms with van der Waals surface area (Å²) in [6.07, 6.45) is 1.76. The van der Waals surface area contributed by atoms with Crippen molar-refractivity contribution >= 4 is 17.2 Å². The molecule has 1 unspecified atom stereocenters. The number of fused-ring (bicyclic) bond motifs is 1. The third kappa shape index (κ3) is 4.26. The molecule has 1 aromatic carbocycles. The highest BCUT2D eigenvalue weighted by Gasteiger charge is 2.23. The Hall–Kier alpha value is -2.51. The van der Waals surface area contributed by atoms with Crippen molar-refractivity contribution in [1.82, 2.24) is 20.4 Å². The van der Waals surface area contributed by atoms with Gasteiger partial charge in [-0.1, -0.05) is 24.3 Å². The molecule has 27 heavy (non-hydrogen) atoms. The van der Waals surface area contributed by atoms with Crippen molar-refractivity contribution in [1.29, 1.82) is 0 Å². The summed E-state index contributed by atoms with van der Waals surface area (Å²) >= 11 is 1.58. The van der Waals surface area contributed by atoms with Gasteiger partial charge in [-0.15, -0.1) is 10.2 Å². The Bertz CT molecular complexity index is 906. The molecule has 0 radical (unpaired) electrons. The fraction of sp³-hybridized carbons (Fsp3) is 0.350. The van der Waals surface area contributed by atoms with Gasteiger partial charge in [0.2, 0.25) is 17.7 Å². The molecule has 3 heterocycles. The molecule has 7 heteroatoms. The maximum Gasteiger partial charge on any atom is 0.248 e. The van der Waals surface area contributed by atoms with Gasteiger partial charge in [0.25, 0.3) is 0 Å². The molecular weight excluding hydrogens is 360 g/mol. The predicted molar refractivity (Wildman–Crippen MR) is 104 cm³/mol. The Morgan fingerprint density at radius 3 is 2.96 bits per heavy atom. The number of nitrogens with one attached hydrogen (secondary N) is 1. The summed E-state index contributed by atoms with van der Waals surface area (Å²) in [5.74, 6) is 1.02. The standard InChI is InChI=1S/C20H22N4O2S/c1-24-12-15-5-3-2-4-14(15)10-17(24)11-21-18(25)6-7-19-22-23-20(26-19)16-8-9-27-13-16/h2-5,8-9,13,17H,6-7,10-12H2,1H3,(H,21,25). The number of aromatic nitrogens is 2. The first-order valence-corrected chi connectivity index (χ1v) is 10.0. The normalized spacial score (nSPS) is 16.9. The van der Waals surface area contributed by atoms with Crippen molar-refractivity contribution in [2.75, 3.05) is 13.6 Å². The molecule has 0 spiro atoms. The number of hydrogen-bond donors (Lipinski definition) is 1. The van der Waals surface area contributed by atoms with E-state index in [1.54, 1.807) is 11.3 Å². The molecule has 1 atom stereocenters. The van der Waals surface area contributed by atoms with Crippen LogP contribution in [0.5, 0.6) is 0 Å². The van der Waals surface area contributed by atoms with E-state index in [1.807, 2.05) is 16.8 Å². The van der Waals surface area contributed by atoms with Crippen LogP contribution in [0.25, 0.3) is 11.5 Å². The molecule has 1 amide bonds. The number of amides is 1. The van der Waals surface area contributed by atoms with E-state index in [2.05, 4.69) is 51.7 Å². The summed E-state index contributed by atoms with van der Waals surface area (Å²) in [4.78, 5) is 14.5. The summed E-state index contributed by atoms with van der Waals surface area (Å²) in [6, 6.07) is 10.8. The summed E-state index contributed by atoms with van der Waals surface area (Å²) in [5, 5.41) is 15.0. The minimum absolute atomic E-state index is 0.0116. The molecule has 140 valence electrons. The lowest BCUT2D eigenvalue weighted by atomic mass is 9.94. The number of rotatable bonds is 6. The lowest BCUT2D eigenvalue weighted by molar-refractivity contribution is -0.121. The number of nitrogens with zero attached hydrogens (tertiary/aromatic N) is 3. The molecule has 1 aliphatic rings. The van der Waals surface area contributed by atoms with Gasteiger partial charge < -0.3 is 9.73 Å². The van der Waals surface area contributed by atoms with Crippen LogP contribution in [0.3, 0.4) is 0 Å². The van der Waals surface area contributed by atoms with Gasteiger partial charge in [-0.25, -0.2) is 0 Å². The van der Waals surface area contributed by atoms with E-state index in [0.29, 0.717) is 37.2 Å². The van der Waals surface area contributed by atoms with Crippen molar-refractivity contribution in [2.24, 2.45) is 0 Å². The molecule has 0 fully saturated rings. The third-order valence-electron chi connectivity index (χ3n) is 4.95. The van der Waals surface area contributed by atoms with Crippen LogP contribution in [0, 0.1) is 0 Å². The van der Waals surface area contributed by atoms with Crippen LogP contribution in [0.2, 0.25) is 0 Å². The Morgan fingerprint density at radius 2 is 2.15 bits per heavy atom. The highest BCUT2D eigenvalue weighted by Crippen LogP contribution is 2.22. The van der Waals surface area contributed by atoms with Crippen LogP contribution < -0.4 is 5.32 Å². The first-order valence-electron chi connectivity index (χ1n) is 9.07. The van der Waals surface area contributed by atoms with Crippen molar-refractivity contribution in [3.05, 3.63) is 58.1 Å². The van der Waals surface area contributed by atoms with Gasteiger partial charge in [0.15, 0.2) is 0 Å². The van der Waals surface area contributed by atoms with E-state index in [9.17, 15) is 4.79 Å². The second kappa shape index (κ2) is 8.02. The second-order valence-corrected chi connectivity index (χ2v) is 7.64. The van der Waals surface area contributed by atoms with E-state index in [0.717, 1.165) is 18.5 Å². The summed E-state index contributed by atoms with van der Waals surface area (Å²) in [5.41, 5.74) is 3.67. The van der Waals surface area contributed by atoms with E-state index < -0.39 is 0 Å². The Balaban J connectivity index is 1.25. The molecule has 3 aromatic rings. The minimum Gasteiger partial charge on any atom is -0.421 e. The summed E-state index contributed by atoms with van der Waals surface area (Å²) in [7, 11) is 2.11. The topological polar surface area (TPSA) is 71.3 Å². The van der Waals surface area contributed by atoms with Crippen molar-refractivity contribution in [3.63, 3.8) is 0 Å². The van der Waals surface area contributed by atoms with Gasteiger partial charge in [0.1, 0.15) is 0 Å². The van der Waals surface area contributed by atoms with Gasteiger partial charge in [-0.05, 0) is 36.0 Å². The number of likely N-dealkylation sites (N-methyl/N-ethyl adjacent to an activating group) is 1. The van der Waals surface area contributed by atoms with Crippen LogP contribution in [0.1, 0.15) is 23.4 Å². The van der Waals surface area contributed by atoms with Crippen molar-refractivity contribution in [2.45, 2.75) is 31.8 Å². The van der Waals surface area contributed by atoms with Crippen LogP contribution >= 0.6 is 11.3 Å². The number of aryl methyl sites for hydroxylation is 1. The zero-order valence-corrected chi connectivity index (χ0v) is 16.0. The van der Waals surface area contributed by atoms with Gasteiger partial charge >= 0.3 is 0 Å². The second-order valence-electron chi connectivity index (χ2n) is 6.86. The molecule has 0 saturated carbocycles. The maximum absolute atomic E-state index is 12.2. The highest BCUT2D eigenvalue weighted by molar-refractivity contribution is 7.08. The molecule has 2 aromatic heterocycles. The molecule has 1 N–H and O–H groups in total. The summed E-state index contributed by atoms with van der Waals surface area (Å²) in [6.45, 7) is 1.57. The smallest absolute Gasteiger partial charge is 0.248 e. The zero-order valence-electron chi connectivity index (χ0n) is 15.2. The largest absolute Gasteiger partial charge is 0.421 e. The number of thiophene rings is 1. The quantitative estimate of drug-likeness (QED) is 0.710. The van der Waals surface area contributed by atoms with Gasteiger partial charge in [0, 0.05) is 42.9 Å². The van der Waals surface area contributed by atoms with Crippen LogP contribution in [0.4, 0.5) is 0 Å². The van der Waals surface area contributed by atoms with E-state index in [1.165, 1.54) is 11.1 Å². The van der Waals surface area contributed by atoms with Gasteiger partial charge in [-0.2, -0.15) is 11.3 Å². The van der Waals surface area contributed by atoms with E-state index in [-0.39, 0.29) is 5.91 Å². The SMILES string of the molecule is CN1Cc2ccccc2CC1CNC(=O)CCc1nnc(-c2ccsc2)o1. The monoisotopic (exact) mass is 382 g/mol. The molecule has 6 nitrogen and oxygen atoms in total. The minimum atomic E-state index is 0.0116. The van der Waals surface area contributed by atoms with Crippen LogP contribution in [-0.4, -0.2) is 40.6 Å². The Kier molecular flexibility index (Phi) is 5.31. The van der Waals surface area contributed by atoms with Crippen molar-refractivity contribution in [3.8, 4) is 11.5 Å². The van der Waals surface area contributed by atoms with E-state index in [4.69, 9.17) is 4.42 Å². The van der Waals surface area contributed by atoms with Gasteiger partial charge in [0.05, 0.1) is 0 Å². The molecule has 4 rings (SSSR count). The summed E-state index contributed by atoms with van der Waals surface area (Å²) < 4.78 is 5.63. The molecule has 0 saturated heterocycles. The number of carbonyl (C=O) groups excluding carboxylic acids is 1. The number of benzene rings is 1. The maximum atomic E-state index is 12.2. The van der Waals surface area contributed by atoms with Gasteiger partial charge in [-0.3, -0.25) is 9.69 Å². The first-order chi connectivity index (χ1) is 13.2. The first kappa shape index (κ1) is 17.9. The number of carbonyl (C=O) groups is 1. The average Bonchev–Trinajstić information content (AvgIpc) is 3.36. The lowest BCUT2D eigenvalue weighted by Gasteiger charge is -2.34. The van der Waals surface area contributed by atoms with Crippen LogP contribution in [0.15, 0.2) is 45.5 Å². The molecule has 0 bridgehead atoms. The Morgan fingerprint density at radius 1 is 1.30 bits per heavy atom. The van der Waals surface area contributed by atoms with E-state index >= 15 is 0 Å². The fourth-order valence-corrected chi connectivity index (χ4v) is 3.97.